The van der Waals surface area contributed by atoms with Crippen molar-refractivity contribution in [3.63, 3.8) is 0 Å². The average Bonchev–Trinajstić information content (AvgIpc) is 2.95. The number of hydrogen-bond acceptors (Lipinski definition) is 3. The first-order chi connectivity index (χ1) is 10.8. The summed E-state index contributed by atoms with van der Waals surface area (Å²) in [5, 5.41) is 3.07. The highest BCUT2D eigenvalue weighted by molar-refractivity contribution is 5.85. The molecular weight excluding hydrogens is 331 g/mol. The maximum Gasteiger partial charge on any atom is 0.249 e. The Morgan fingerprint density at radius 2 is 1.96 bits per heavy atom. The number of nitrogens with two attached hydrogens (primary N) is 1. The summed E-state index contributed by atoms with van der Waals surface area (Å²) in [6.07, 6.45) is 1.80. The minimum absolute atomic E-state index is 0. The molecule has 6 heteroatoms. The molecule has 0 aromatic heterocycles. The number of benzene rings is 1. The van der Waals surface area contributed by atoms with Crippen LogP contribution in [0.4, 0.5) is 4.39 Å². The lowest BCUT2D eigenvalue weighted by molar-refractivity contribution is -0.132. The Labute approximate surface area is 149 Å². The highest BCUT2D eigenvalue weighted by Crippen LogP contribution is 2.30. The van der Waals surface area contributed by atoms with Gasteiger partial charge in [0.25, 0.3) is 0 Å². The molecule has 24 heavy (non-hydrogen) atoms. The third kappa shape index (κ3) is 6.04. The molecule has 1 heterocycles. The Hall–Kier alpha value is -1.17. The first kappa shape index (κ1) is 20.9. The Bertz CT molecular complexity index is 531. The van der Waals surface area contributed by atoms with Gasteiger partial charge in [-0.25, -0.2) is 4.39 Å². The van der Waals surface area contributed by atoms with Crippen LogP contribution in [-0.4, -0.2) is 24.7 Å². The molecular formula is C18H28ClFN2O2. The Kier molecular flexibility index (Phi) is 7.64. The van der Waals surface area contributed by atoms with Crippen LogP contribution in [0.5, 0.6) is 0 Å². The van der Waals surface area contributed by atoms with Gasteiger partial charge in [0.2, 0.25) is 5.91 Å². The lowest BCUT2D eigenvalue weighted by Gasteiger charge is -2.28. The van der Waals surface area contributed by atoms with Crippen molar-refractivity contribution < 1.29 is 13.9 Å². The van der Waals surface area contributed by atoms with Gasteiger partial charge in [0, 0.05) is 6.54 Å². The van der Waals surface area contributed by atoms with Gasteiger partial charge in [-0.1, -0.05) is 32.9 Å². The number of nitrogens with one attached hydrogen (secondary N) is 1. The molecule has 4 nitrogen and oxygen atoms in total. The van der Waals surface area contributed by atoms with Crippen molar-refractivity contribution >= 4 is 18.3 Å². The second-order valence-electron chi connectivity index (χ2n) is 7.44. The zero-order valence-electron chi connectivity index (χ0n) is 14.5. The third-order valence-corrected chi connectivity index (χ3v) is 4.07. The molecule has 0 aliphatic carbocycles. The molecule has 0 radical (unpaired) electrons. The zero-order valence-corrected chi connectivity index (χ0v) is 15.4. The smallest absolute Gasteiger partial charge is 0.249 e. The lowest BCUT2D eigenvalue weighted by atomic mass is 9.85. The molecule has 0 spiro atoms. The van der Waals surface area contributed by atoms with E-state index in [-0.39, 0.29) is 41.7 Å². The van der Waals surface area contributed by atoms with E-state index in [1.807, 2.05) is 0 Å². The molecule has 1 saturated heterocycles. The zero-order chi connectivity index (χ0) is 17.0. The summed E-state index contributed by atoms with van der Waals surface area (Å²) in [4.78, 5) is 12.5. The highest BCUT2D eigenvalue weighted by Gasteiger charge is 2.32. The first-order valence-corrected chi connectivity index (χ1v) is 8.20. The van der Waals surface area contributed by atoms with Crippen molar-refractivity contribution in [1.82, 2.24) is 5.32 Å². The summed E-state index contributed by atoms with van der Waals surface area (Å²) in [6, 6.07) is 6.14. The summed E-state index contributed by atoms with van der Waals surface area (Å²) in [7, 11) is 0. The second kappa shape index (κ2) is 8.79. The molecule has 3 atom stereocenters. The normalized spacial score (nSPS) is 21.9. The van der Waals surface area contributed by atoms with Crippen LogP contribution in [0.3, 0.4) is 0 Å². The van der Waals surface area contributed by atoms with Crippen molar-refractivity contribution in [2.45, 2.75) is 58.3 Å². The number of halogens is 2. The van der Waals surface area contributed by atoms with E-state index in [1.165, 1.54) is 12.1 Å². The van der Waals surface area contributed by atoms with E-state index in [2.05, 4.69) is 26.1 Å². The Morgan fingerprint density at radius 3 is 2.46 bits per heavy atom. The van der Waals surface area contributed by atoms with Gasteiger partial charge in [0.1, 0.15) is 11.9 Å². The van der Waals surface area contributed by atoms with Crippen LogP contribution in [0.25, 0.3) is 0 Å². The lowest BCUT2D eigenvalue weighted by Crippen LogP contribution is -2.39. The predicted octanol–water partition coefficient (Wildman–Crippen LogP) is 3.35. The van der Waals surface area contributed by atoms with Crippen molar-refractivity contribution in [3.8, 4) is 0 Å². The molecule has 1 fully saturated rings. The third-order valence-electron chi connectivity index (χ3n) is 4.07. The van der Waals surface area contributed by atoms with Gasteiger partial charge in [0.15, 0.2) is 0 Å². The van der Waals surface area contributed by atoms with Crippen LogP contribution >= 0.6 is 12.4 Å². The van der Waals surface area contributed by atoms with Gasteiger partial charge in [0.05, 0.1) is 12.1 Å². The number of ether oxygens (including phenoxy) is 1. The summed E-state index contributed by atoms with van der Waals surface area (Å²) >= 11 is 0. The number of carbonyl (C=O) groups excluding carboxylic acids is 1. The van der Waals surface area contributed by atoms with Crippen LogP contribution < -0.4 is 11.1 Å². The van der Waals surface area contributed by atoms with Crippen LogP contribution in [-0.2, 0) is 9.53 Å². The maximum atomic E-state index is 13.2. The molecule has 1 unspecified atom stereocenters. The molecule has 1 aliphatic rings. The Balaban J connectivity index is 0.00000288. The number of hydrogen-bond donors (Lipinski definition) is 2. The fraction of sp³-hybridized carbons (Fsp3) is 0.611. The van der Waals surface area contributed by atoms with Crippen LogP contribution in [0.1, 0.15) is 51.6 Å². The topological polar surface area (TPSA) is 64.4 Å². The molecule has 0 saturated carbocycles. The van der Waals surface area contributed by atoms with E-state index in [9.17, 15) is 9.18 Å². The monoisotopic (exact) mass is 358 g/mol. The maximum absolute atomic E-state index is 13.2. The van der Waals surface area contributed by atoms with Gasteiger partial charge >= 0.3 is 0 Å². The Morgan fingerprint density at radius 1 is 1.33 bits per heavy atom. The minimum Gasteiger partial charge on any atom is -0.364 e. The number of rotatable bonds is 5. The first-order valence-electron chi connectivity index (χ1n) is 8.20. The molecule has 1 aliphatic heterocycles. The summed E-state index contributed by atoms with van der Waals surface area (Å²) < 4.78 is 18.8. The number of carbonyl (C=O) groups is 1. The quantitative estimate of drug-likeness (QED) is 0.848. The van der Waals surface area contributed by atoms with E-state index in [0.717, 1.165) is 18.4 Å². The summed E-state index contributed by atoms with van der Waals surface area (Å²) in [5.41, 5.74) is 6.53. The van der Waals surface area contributed by atoms with E-state index < -0.39 is 6.10 Å². The van der Waals surface area contributed by atoms with Gasteiger partial charge < -0.3 is 15.8 Å². The fourth-order valence-electron chi connectivity index (χ4n) is 2.90. The molecule has 0 bridgehead atoms. The number of amides is 1. The van der Waals surface area contributed by atoms with Crippen LogP contribution in [0.2, 0.25) is 0 Å². The molecule has 1 aromatic carbocycles. The fourth-order valence-corrected chi connectivity index (χ4v) is 2.90. The van der Waals surface area contributed by atoms with Crippen molar-refractivity contribution in [2.75, 3.05) is 6.54 Å². The molecule has 2 rings (SSSR count). The van der Waals surface area contributed by atoms with Crippen molar-refractivity contribution in [3.05, 3.63) is 35.6 Å². The van der Waals surface area contributed by atoms with Gasteiger partial charge in [-0.3, -0.25) is 4.79 Å². The summed E-state index contributed by atoms with van der Waals surface area (Å²) in [5.74, 6) is -0.390. The molecule has 1 amide bonds. The standard InChI is InChI=1S/C18H27FN2O2.ClH/c1-18(2,3)10-15(12-4-6-13(19)7-5-12)21-17(22)16-9-8-14(11-20)23-16;/h4-7,14-16H,8-11,20H2,1-3H3,(H,21,22);1H/t14-,15?,16+;/m1./s1. The van der Waals surface area contributed by atoms with E-state index in [0.29, 0.717) is 13.0 Å². The predicted molar refractivity (Wildman–Crippen MR) is 95.6 cm³/mol. The van der Waals surface area contributed by atoms with Gasteiger partial charge in [-0.15, -0.1) is 12.4 Å². The van der Waals surface area contributed by atoms with Crippen LogP contribution in [0.15, 0.2) is 24.3 Å². The molecule has 1 aromatic rings. The van der Waals surface area contributed by atoms with E-state index in [1.54, 1.807) is 12.1 Å². The second-order valence-corrected chi connectivity index (χ2v) is 7.44. The molecule has 3 N–H and O–H groups in total. The minimum atomic E-state index is -0.438. The van der Waals surface area contributed by atoms with Crippen LogP contribution in [0, 0.1) is 11.2 Å². The largest absolute Gasteiger partial charge is 0.364 e. The average molecular weight is 359 g/mol. The SMILES string of the molecule is CC(C)(C)CC(NC(=O)[C@@H]1CC[C@H](CN)O1)c1ccc(F)cc1.Cl. The van der Waals surface area contributed by atoms with E-state index >= 15 is 0 Å². The summed E-state index contributed by atoms with van der Waals surface area (Å²) in [6.45, 7) is 6.79. The molecule has 136 valence electrons. The van der Waals surface area contributed by atoms with Gasteiger partial charge in [-0.2, -0.15) is 0 Å². The highest BCUT2D eigenvalue weighted by atomic mass is 35.5. The van der Waals surface area contributed by atoms with Gasteiger partial charge in [-0.05, 0) is 42.4 Å². The van der Waals surface area contributed by atoms with E-state index in [4.69, 9.17) is 10.5 Å². The van der Waals surface area contributed by atoms with Crippen molar-refractivity contribution in [1.29, 1.82) is 0 Å². The van der Waals surface area contributed by atoms with Crippen molar-refractivity contribution in [2.24, 2.45) is 11.1 Å².